The summed E-state index contributed by atoms with van der Waals surface area (Å²) in [5.41, 5.74) is -4.88. The van der Waals surface area contributed by atoms with Crippen LogP contribution in [0.2, 0.25) is 0 Å². The van der Waals surface area contributed by atoms with Crippen molar-refractivity contribution < 1.29 is 25.8 Å². The summed E-state index contributed by atoms with van der Waals surface area (Å²) in [7, 11) is -5.55. The topological polar surface area (TPSA) is 43.4 Å². The Morgan fingerprint density at radius 2 is 1.69 bits per heavy atom. The second kappa shape index (κ2) is 4.56. The third-order valence-electron chi connectivity index (χ3n) is 1.53. The molecule has 1 rings (SSSR count). The maximum atomic E-state index is 11.8. The summed E-state index contributed by atoms with van der Waals surface area (Å²) in [6.45, 7) is 0. The minimum absolute atomic E-state index is 0.484. The van der Waals surface area contributed by atoms with Gasteiger partial charge in [0.2, 0.25) is 0 Å². The van der Waals surface area contributed by atoms with Crippen LogP contribution in [-0.4, -0.2) is 13.9 Å². The molecule has 1 aromatic rings. The summed E-state index contributed by atoms with van der Waals surface area (Å²) >= 11 is 0. The number of alkyl halides is 3. The van der Waals surface area contributed by atoms with Crippen LogP contribution in [0.3, 0.4) is 0 Å². The van der Waals surface area contributed by atoms with Gasteiger partial charge in [-0.15, -0.1) is 0 Å². The predicted octanol–water partition coefficient (Wildman–Crippen LogP) is 2.52. The van der Waals surface area contributed by atoms with Crippen molar-refractivity contribution >= 4 is 16.2 Å². The molecule has 0 saturated carbocycles. The van der Waals surface area contributed by atoms with Crippen LogP contribution in [0.5, 0.6) is 0 Å². The summed E-state index contributed by atoms with van der Waals surface area (Å²) in [6, 6.07) is 8.18. The smallest absolute Gasteiger partial charge is 0.384 e. The van der Waals surface area contributed by atoms with Crippen LogP contribution in [-0.2, 0) is 14.3 Å². The molecule has 0 heterocycles. The first-order valence-electron chi connectivity index (χ1n) is 4.04. The quantitative estimate of drug-likeness (QED) is 0.471. The molecule has 0 radical (unpaired) electrons. The lowest BCUT2D eigenvalue weighted by Gasteiger charge is -2.05. The normalized spacial score (nSPS) is 12.9. The standard InChI is InChI=1S/C9H7F3O3S/c10-9(11,12)16(13,14)15-7-6-8-4-2-1-3-5-8/h1-7H/b7-6-. The van der Waals surface area contributed by atoms with Crippen molar-refractivity contribution in [2.24, 2.45) is 0 Å². The Labute approximate surface area is 90.3 Å². The molecule has 7 heteroatoms. The van der Waals surface area contributed by atoms with Crippen molar-refractivity contribution in [1.82, 2.24) is 0 Å². The van der Waals surface area contributed by atoms with Crippen LogP contribution in [0.15, 0.2) is 36.6 Å². The first-order valence-corrected chi connectivity index (χ1v) is 5.45. The Kier molecular flexibility index (Phi) is 3.58. The minimum atomic E-state index is -5.55. The molecule has 1 aromatic carbocycles. The lowest BCUT2D eigenvalue weighted by atomic mass is 10.2. The summed E-state index contributed by atoms with van der Waals surface area (Å²) in [6.07, 6.45) is 1.60. The second-order valence-electron chi connectivity index (χ2n) is 2.71. The summed E-state index contributed by atoms with van der Waals surface area (Å²) in [5, 5.41) is 0. The van der Waals surface area contributed by atoms with Gasteiger partial charge in [-0.3, -0.25) is 0 Å². The monoisotopic (exact) mass is 252 g/mol. The first kappa shape index (κ1) is 12.6. The Morgan fingerprint density at radius 3 is 2.19 bits per heavy atom. The molecule has 0 amide bonds. The van der Waals surface area contributed by atoms with Crippen LogP contribution in [0.25, 0.3) is 6.08 Å². The van der Waals surface area contributed by atoms with E-state index in [4.69, 9.17) is 0 Å². The highest BCUT2D eigenvalue weighted by Crippen LogP contribution is 2.24. The molecule has 0 aliphatic rings. The number of benzene rings is 1. The predicted molar refractivity (Wildman–Crippen MR) is 51.5 cm³/mol. The molecule has 0 fully saturated rings. The van der Waals surface area contributed by atoms with Crippen molar-refractivity contribution in [3.63, 3.8) is 0 Å². The van der Waals surface area contributed by atoms with Gasteiger partial charge in [0.15, 0.2) is 0 Å². The van der Waals surface area contributed by atoms with Gasteiger partial charge in [-0.05, 0) is 11.6 Å². The van der Waals surface area contributed by atoms with Crippen molar-refractivity contribution in [2.75, 3.05) is 0 Å². The molecule has 0 N–H and O–H groups in total. The fourth-order valence-electron chi connectivity index (χ4n) is 0.798. The summed E-state index contributed by atoms with van der Waals surface area (Å²) in [5.74, 6) is 0. The van der Waals surface area contributed by atoms with Gasteiger partial charge in [0, 0.05) is 0 Å². The molecule has 0 atom stereocenters. The van der Waals surface area contributed by atoms with Crippen LogP contribution >= 0.6 is 0 Å². The van der Waals surface area contributed by atoms with Gasteiger partial charge in [0.25, 0.3) is 0 Å². The number of rotatable bonds is 3. The summed E-state index contributed by atoms with van der Waals surface area (Å²) < 4.78 is 60.0. The Morgan fingerprint density at radius 1 is 1.12 bits per heavy atom. The molecule has 3 nitrogen and oxygen atoms in total. The van der Waals surface area contributed by atoms with Crippen LogP contribution < -0.4 is 0 Å². The molecule has 0 bridgehead atoms. The zero-order valence-corrected chi connectivity index (χ0v) is 8.62. The number of hydrogen-bond donors (Lipinski definition) is 0. The fraction of sp³-hybridized carbons (Fsp3) is 0.111. The van der Waals surface area contributed by atoms with Crippen molar-refractivity contribution in [2.45, 2.75) is 5.51 Å². The maximum absolute atomic E-state index is 11.8. The number of halogens is 3. The average molecular weight is 252 g/mol. The molecular weight excluding hydrogens is 245 g/mol. The zero-order valence-electron chi connectivity index (χ0n) is 7.81. The largest absolute Gasteiger partial charge is 0.534 e. The maximum Gasteiger partial charge on any atom is 0.534 e. The zero-order chi connectivity index (χ0) is 12.2. The molecule has 0 aliphatic heterocycles. The fourth-order valence-corrected chi connectivity index (χ4v) is 1.11. The van der Waals surface area contributed by atoms with E-state index in [9.17, 15) is 21.6 Å². The third-order valence-corrected chi connectivity index (χ3v) is 2.46. The lowest BCUT2D eigenvalue weighted by Crippen LogP contribution is -2.23. The SMILES string of the molecule is O=S(=O)(O/C=C\c1ccccc1)C(F)(F)F. The average Bonchev–Trinajstić information content (AvgIpc) is 2.17. The molecule has 88 valence electrons. The van der Waals surface area contributed by atoms with Crippen LogP contribution in [0.1, 0.15) is 5.56 Å². The molecule has 0 spiro atoms. The third kappa shape index (κ3) is 3.27. The van der Waals surface area contributed by atoms with E-state index >= 15 is 0 Å². The molecule has 16 heavy (non-hydrogen) atoms. The first-order chi connectivity index (χ1) is 7.33. The molecular formula is C9H7F3O3S. The van der Waals surface area contributed by atoms with E-state index in [-0.39, 0.29) is 0 Å². The highest BCUT2D eigenvalue weighted by atomic mass is 32.2. The molecule has 0 saturated heterocycles. The Balaban J connectivity index is 2.70. The van der Waals surface area contributed by atoms with Crippen LogP contribution in [0.4, 0.5) is 13.2 Å². The van der Waals surface area contributed by atoms with E-state index in [0.717, 1.165) is 6.08 Å². The van der Waals surface area contributed by atoms with Gasteiger partial charge >= 0.3 is 15.6 Å². The highest BCUT2D eigenvalue weighted by Gasteiger charge is 2.47. The van der Waals surface area contributed by atoms with E-state index in [1.54, 1.807) is 30.3 Å². The molecule has 0 unspecified atom stereocenters. The van der Waals surface area contributed by atoms with E-state index < -0.39 is 15.6 Å². The van der Waals surface area contributed by atoms with Gasteiger partial charge in [-0.1, -0.05) is 30.3 Å². The lowest BCUT2D eigenvalue weighted by molar-refractivity contribution is -0.0514. The van der Waals surface area contributed by atoms with E-state index in [0.29, 0.717) is 11.8 Å². The van der Waals surface area contributed by atoms with Crippen molar-refractivity contribution in [1.29, 1.82) is 0 Å². The number of hydrogen-bond acceptors (Lipinski definition) is 3. The molecule has 0 aromatic heterocycles. The van der Waals surface area contributed by atoms with Crippen molar-refractivity contribution in [3.05, 3.63) is 42.2 Å². The van der Waals surface area contributed by atoms with E-state index in [1.807, 2.05) is 0 Å². The van der Waals surface area contributed by atoms with Gasteiger partial charge in [0.1, 0.15) is 6.26 Å². The van der Waals surface area contributed by atoms with Crippen molar-refractivity contribution in [3.8, 4) is 0 Å². The minimum Gasteiger partial charge on any atom is -0.384 e. The summed E-state index contributed by atoms with van der Waals surface area (Å²) in [4.78, 5) is 0. The van der Waals surface area contributed by atoms with E-state index in [2.05, 4.69) is 4.18 Å². The molecule has 0 aliphatic carbocycles. The van der Waals surface area contributed by atoms with Gasteiger partial charge < -0.3 is 4.18 Å². The van der Waals surface area contributed by atoms with Gasteiger partial charge in [-0.25, -0.2) is 0 Å². The Hall–Kier alpha value is -1.50. The Bertz CT molecular complexity index is 463. The second-order valence-corrected chi connectivity index (χ2v) is 4.27. The van der Waals surface area contributed by atoms with E-state index in [1.165, 1.54) is 0 Å². The van der Waals surface area contributed by atoms with Crippen LogP contribution in [0, 0.1) is 0 Å². The van der Waals surface area contributed by atoms with Gasteiger partial charge in [0.05, 0.1) is 0 Å². The van der Waals surface area contributed by atoms with Gasteiger partial charge in [-0.2, -0.15) is 21.6 Å². The highest BCUT2D eigenvalue weighted by molar-refractivity contribution is 7.87.